The zero-order valence-corrected chi connectivity index (χ0v) is 10.8. The first kappa shape index (κ1) is 14.7. The van der Waals surface area contributed by atoms with Crippen LogP contribution in [0.4, 0.5) is 13.2 Å². The molecule has 0 spiro atoms. The van der Waals surface area contributed by atoms with Crippen LogP contribution in [-0.2, 0) is 9.53 Å². The minimum absolute atomic E-state index is 0.145. The topological polar surface area (TPSA) is 43.4 Å². The van der Waals surface area contributed by atoms with Gasteiger partial charge in [-0.2, -0.15) is 8.78 Å². The molecule has 0 aliphatic heterocycles. The highest BCUT2D eigenvalue weighted by Gasteiger charge is 2.49. The number of esters is 1. The maximum absolute atomic E-state index is 13.4. The van der Waals surface area contributed by atoms with Gasteiger partial charge in [-0.25, -0.2) is 9.18 Å². The summed E-state index contributed by atoms with van der Waals surface area (Å²) >= 11 is 2.76. The highest BCUT2D eigenvalue weighted by molar-refractivity contribution is 9.10. The second-order valence-electron chi connectivity index (χ2n) is 3.25. The van der Waals surface area contributed by atoms with E-state index in [1.165, 1.54) is 6.92 Å². The van der Waals surface area contributed by atoms with Crippen LogP contribution in [0.5, 0.6) is 0 Å². The van der Waals surface area contributed by atoms with Gasteiger partial charge in [0, 0.05) is 5.56 Å². The van der Waals surface area contributed by atoms with E-state index in [4.69, 9.17) is 0 Å². The maximum atomic E-state index is 13.4. The van der Waals surface area contributed by atoms with Crippen LogP contribution in [0.2, 0.25) is 0 Å². The fraction of sp³-hybridized carbons (Fsp3) is 0.273. The summed E-state index contributed by atoms with van der Waals surface area (Å²) in [7, 11) is 0. The molecule has 1 rings (SSSR count). The summed E-state index contributed by atoms with van der Waals surface area (Å²) in [4.78, 5) is 22.4. The van der Waals surface area contributed by atoms with Gasteiger partial charge >= 0.3 is 11.9 Å². The van der Waals surface area contributed by atoms with Crippen molar-refractivity contribution in [2.24, 2.45) is 0 Å². The van der Waals surface area contributed by atoms with Gasteiger partial charge in [-0.05, 0) is 41.1 Å². The van der Waals surface area contributed by atoms with Gasteiger partial charge in [0.05, 0.1) is 11.1 Å². The Hall–Kier alpha value is -1.37. The van der Waals surface area contributed by atoms with Crippen molar-refractivity contribution >= 4 is 27.7 Å². The van der Waals surface area contributed by atoms with E-state index in [1.54, 1.807) is 0 Å². The number of ketones is 1. The van der Waals surface area contributed by atoms with Gasteiger partial charge in [0.25, 0.3) is 0 Å². The minimum atomic E-state index is -4.28. The van der Waals surface area contributed by atoms with E-state index < -0.39 is 29.1 Å². The summed E-state index contributed by atoms with van der Waals surface area (Å²) in [5.41, 5.74) is -0.485. The number of carbonyl (C=O) groups is 2. The van der Waals surface area contributed by atoms with E-state index >= 15 is 0 Å². The van der Waals surface area contributed by atoms with Crippen molar-refractivity contribution in [1.29, 1.82) is 0 Å². The zero-order valence-electron chi connectivity index (χ0n) is 9.18. The summed E-state index contributed by atoms with van der Waals surface area (Å²) in [6, 6.07) is 2.60. The third kappa shape index (κ3) is 2.90. The van der Waals surface area contributed by atoms with Crippen molar-refractivity contribution in [3.05, 3.63) is 34.1 Å². The number of hydrogen-bond acceptors (Lipinski definition) is 3. The fourth-order valence-corrected chi connectivity index (χ4v) is 1.51. The van der Waals surface area contributed by atoms with E-state index in [-0.39, 0.29) is 11.1 Å². The third-order valence-electron chi connectivity index (χ3n) is 2.00. The van der Waals surface area contributed by atoms with Crippen LogP contribution < -0.4 is 0 Å². The number of halogens is 4. The largest absolute Gasteiger partial charge is 0.461 e. The van der Waals surface area contributed by atoms with Gasteiger partial charge in [0.15, 0.2) is 0 Å². The number of rotatable bonds is 4. The summed E-state index contributed by atoms with van der Waals surface area (Å²) < 4.78 is 43.6. The van der Waals surface area contributed by atoms with Crippen LogP contribution in [0, 0.1) is 5.82 Å². The summed E-state index contributed by atoms with van der Waals surface area (Å²) in [6.45, 7) is 1.07. The molecule has 0 saturated heterocycles. The monoisotopic (exact) mass is 324 g/mol. The standard InChI is InChI=1S/C11H8BrF3O3/c1-2-18-10(17)11(14,15)9(16)6-3-4-8(13)7(12)5-6/h3-5H,2H2,1H3. The molecule has 0 aliphatic carbocycles. The van der Waals surface area contributed by atoms with Gasteiger partial charge in [-0.3, -0.25) is 4.79 Å². The van der Waals surface area contributed by atoms with E-state index in [0.717, 1.165) is 18.2 Å². The molecule has 1 aromatic carbocycles. The van der Waals surface area contributed by atoms with Crippen molar-refractivity contribution in [2.45, 2.75) is 12.8 Å². The number of benzene rings is 1. The van der Waals surface area contributed by atoms with Crippen LogP contribution in [0.3, 0.4) is 0 Å². The van der Waals surface area contributed by atoms with Crippen LogP contribution >= 0.6 is 15.9 Å². The van der Waals surface area contributed by atoms with Crippen molar-refractivity contribution < 1.29 is 27.5 Å². The molecule has 0 aliphatic rings. The first-order valence-electron chi connectivity index (χ1n) is 4.85. The molecule has 3 nitrogen and oxygen atoms in total. The predicted molar refractivity (Wildman–Crippen MR) is 60.0 cm³/mol. The van der Waals surface area contributed by atoms with Crippen molar-refractivity contribution in [3.8, 4) is 0 Å². The number of Topliss-reactive ketones (excluding diaryl/α,β-unsaturated/α-hetero) is 1. The predicted octanol–water partition coefficient (Wildman–Crippen LogP) is 2.97. The van der Waals surface area contributed by atoms with E-state index in [2.05, 4.69) is 20.7 Å². The zero-order chi connectivity index (χ0) is 13.9. The first-order valence-corrected chi connectivity index (χ1v) is 5.65. The Labute approximate surface area is 109 Å². The lowest BCUT2D eigenvalue weighted by atomic mass is 10.1. The number of carbonyl (C=O) groups excluding carboxylic acids is 2. The van der Waals surface area contributed by atoms with E-state index in [1.807, 2.05) is 0 Å². The molecule has 7 heteroatoms. The fourth-order valence-electron chi connectivity index (χ4n) is 1.13. The van der Waals surface area contributed by atoms with Crippen LogP contribution in [0.25, 0.3) is 0 Å². The second-order valence-corrected chi connectivity index (χ2v) is 4.11. The van der Waals surface area contributed by atoms with Gasteiger partial charge in [0.2, 0.25) is 5.78 Å². The van der Waals surface area contributed by atoms with Crippen molar-refractivity contribution in [2.75, 3.05) is 6.61 Å². The number of hydrogen-bond donors (Lipinski definition) is 0. The van der Waals surface area contributed by atoms with Gasteiger partial charge in [0.1, 0.15) is 5.82 Å². The molecule has 0 unspecified atom stereocenters. The molecular weight excluding hydrogens is 317 g/mol. The Bertz CT molecular complexity index is 488. The molecular formula is C11H8BrF3O3. The molecule has 0 aromatic heterocycles. The minimum Gasteiger partial charge on any atom is -0.461 e. The van der Waals surface area contributed by atoms with E-state index in [9.17, 15) is 22.8 Å². The molecule has 0 saturated carbocycles. The Balaban J connectivity index is 3.05. The maximum Gasteiger partial charge on any atom is 0.404 e. The molecule has 0 radical (unpaired) electrons. The normalized spacial score (nSPS) is 11.2. The smallest absolute Gasteiger partial charge is 0.404 e. The Morgan fingerprint density at radius 1 is 1.39 bits per heavy atom. The lowest BCUT2D eigenvalue weighted by Gasteiger charge is -2.13. The average molecular weight is 325 g/mol. The summed E-state index contributed by atoms with van der Waals surface area (Å²) in [5.74, 6) is -8.64. The molecule has 0 amide bonds. The average Bonchev–Trinajstić information content (AvgIpc) is 2.32. The summed E-state index contributed by atoms with van der Waals surface area (Å²) in [6.07, 6.45) is 0. The quantitative estimate of drug-likeness (QED) is 0.486. The van der Waals surface area contributed by atoms with Crippen molar-refractivity contribution in [3.63, 3.8) is 0 Å². The molecule has 0 N–H and O–H groups in total. The molecule has 0 heterocycles. The van der Waals surface area contributed by atoms with Crippen LogP contribution in [-0.4, -0.2) is 24.3 Å². The van der Waals surface area contributed by atoms with E-state index in [0.29, 0.717) is 0 Å². The molecule has 98 valence electrons. The Morgan fingerprint density at radius 3 is 2.50 bits per heavy atom. The van der Waals surface area contributed by atoms with Crippen LogP contribution in [0.1, 0.15) is 17.3 Å². The number of ether oxygens (including phenoxy) is 1. The Morgan fingerprint density at radius 2 is 2.00 bits per heavy atom. The van der Waals surface area contributed by atoms with Gasteiger partial charge < -0.3 is 4.74 Å². The highest BCUT2D eigenvalue weighted by Crippen LogP contribution is 2.25. The lowest BCUT2D eigenvalue weighted by Crippen LogP contribution is -2.39. The summed E-state index contributed by atoms with van der Waals surface area (Å²) in [5, 5.41) is 0. The van der Waals surface area contributed by atoms with Gasteiger partial charge in [-0.15, -0.1) is 0 Å². The van der Waals surface area contributed by atoms with Crippen molar-refractivity contribution in [1.82, 2.24) is 0 Å². The molecule has 0 fully saturated rings. The van der Waals surface area contributed by atoms with Crippen LogP contribution in [0.15, 0.2) is 22.7 Å². The SMILES string of the molecule is CCOC(=O)C(F)(F)C(=O)c1ccc(F)c(Br)c1. The molecule has 0 bridgehead atoms. The molecule has 0 atom stereocenters. The molecule has 1 aromatic rings. The highest BCUT2D eigenvalue weighted by atomic mass is 79.9. The third-order valence-corrected chi connectivity index (χ3v) is 2.61. The first-order chi connectivity index (χ1) is 8.30. The number of alkyl halides is 2. The molecule has 18 heavy (non-hydrogen) atoms. The van der Waals surface area contributed by atoms with Gasteiger partial charge in [-0.1, -0.05) is 0 Å². The second kappa shape index (κ2) is 5.51. The lowest BCUT2D eigenvalue weighted by molar-refractivity contribution is -0.164. The Kier molecular flexibility index (Phi) is 4.50.